The van der Waals surface area contributed by atoms with Crippen molar-refractivity contribution in [1.82, 2.24) is 4.90 Å². The zero-order valence-corrected chi connectivity index (χ0v) is 11.9. The predicted octanol–water partition coefficient (Wildman–Crippen LogP) is 1.51. The second-order valence-electron chi connectivity index (χ2n) is 5.25. The molecule has 1 heterocycles. The summed E-state index contributed by atoms with van der Waals surface area (Å²) in [5.74, 6) is -0.778. The molecule has 0 aromatic heterocycles. The van der Waals surface area contributed by atoms with Crippen LogP contribution in [0.4, 0.5) is 5.69 Å². The summed E-state index contributed by atoms with van der Waals surface area (Å²) in [5.41, 5.74) is 2.07. The molecular formula is C15H20N2O3. The van der Waals surface area contributed by atoms with Crippen molar-refractivity contribution in [1.29, 1.82) is 0 Å². The average Bonchev–Trinajstić information content (AvgIpc) is 2.79. The van der Waals surface area contributed by atoms with Crippen LogP contribution in [0.5, 0.6) is 0 Å². The molecule has 1 atom stereocenters. The number of carbonyl (C=O) groups is 2. The third-order valence-electron chi connectivity index (χ3n) is 3.73. The normalized spacial score (nSPS) is 18.9. The number of rotatable bonds is 5. The minimum absolute atomic E-state index is 0.0572. The van der Waals surface area contributed by atoms with Crippen molar-refractivity contribution in [3.63, 3.8) is 0 Å². The Labute approximate surface area is 118 Å². The Morgan fingerprint density at radius 3 is 2.65 bits per heavy atom. The largest absolute Gasteiger partial charge is 0.481 e. The third kappa shape index (κ3) is 3.17. The number of carboxylic acid groups (broad SMARTS) is 1. The number of aryl methyl sites for hydroxylation is 1. The van der Waals surface area contributed by atoms with Crippen LogP contribution in [0.25, 0.3) is 0 Å². The smallest absolute Gasteiger partial charge is 0.304 e. The van der Waals surface area contributed by atoms with Gasteiger partial charge in [0.25, 0.3) is 0 Å². The Bertz CT molecular complexity index is 498. The van der Waals surface area contributed by atoms with E-state index in [1.807, 2.05) is 43.1 Å². The van der Waals surface area contributed by atoms with Gasteiger partial charge in [-0.1, -0.05) is 17.7 Å². The molecule has 0 saturated carbocycles. The van der Waals surface area contributed by atoms with Gasteiger partial charge in [0.05, 0.1) is 12.5 Å². The second kappa shape index (κ2) is 6.05. The van der Waals surface area contributed by atoms with Crippen LogP contribution in [0.3, 0.4) is 0 Å². The van der Waals surface area contributed by atoms with E-state index in [4.69, 9.17) is 5.11 Å². The summed E-state index contributed by atoms with van der Waals surface area (Å²) >= 11 is 0. The highest BCUT2D eigenvalue weighted by molar-refractivity contribution is 5.99. The van der Waals surface area contributed by atoms with E-state index in [1.54, 1.807) is 4.90 Å². The standard InChI is InChI=1S/C15H20N2O3/c1-11-3-5-12(6-4-11)17-10-7-13(15(17)20)16(2)9-8-14(18)19/h3-6,13H,7-10H2,1-2H3,(H,18,19)/t13-/m0/s1. The van der Waals surface area contributed by atoms with Gasteiger partial charge in [-0.15, -0.1) is 0 Å². The lowest BCUT2D eigenvalue weighted by Crippen LogP contribution is -2.40. The van der Waals surface area contributed by atoms with E-state index in [-0.39, 0.29) is 18.4 Å². The number of carboxylic acids is 1. The lowest BCUT2D eigenvalue weighted by molar-refractivity contribution is -0.137. The van der Waals surface area contributed by atoms with E-state index < -0.39 is 5.97 Å². The van der Waals surface area contributed by atoms with Crippen molar-refractivity contribution >= 4 is 17.6 Å². The molecule has 1 N–H and O–H groups in total. The van der Waals surface area contributed by atoms with Crippen LogP contribution < -0.4 is 4.90 Å². The number of aliphatic carboxylic acids is 1. The maximum atomic E-state index is 12.4. The van der Waals surface area contributed by atoms with Crippen molar-refractivity contribution < 1.29 is 14.7 Å². The van der Waals surface area contributed by atoms with Crippen LogP contribution in [-0.4, -0.2) is 48.1 Å². The molecule has 1 aromatic carbocycles. The Kier molecular flexibility index (Phi) is 4.39. The second-order valence-corrected chi connectivity index (χ2v) is 5.25. The van der Waals surface area contributed by atoms with Gasteiger partial charge in [-0.05, 0) is 32.5 Å². The highest BCUT2D eigenvalue weighted by Crippen LogP contribution is 2.24. The Morgan fingerprint density at radius 1 is 1.40 bits per heavy atom. The molecule has 2 rings (SSSR count). The summed E-state index contributed by atoms with van der Waals surface area (Å²) in [6.07, 6.45) is 0.799. The fraction of sp³-hybridized carbons (Fsp3) is 0.467. The monoisotopic (exact) mass is 276 g/mol. The molecule has 0 spiro atoms. The molecule has 5 nitrogen and oxygen atoms in total. The third-order valence-corrected chi connectivity index (χ3v) is 3.73. The summed E-state index contributed by atoms with van der Waals surface area (Å²) in [5, 5.41) is 8.71. The molecule has 1 aliphatic heterocycles. The number of hydrogen-bond donors (Lipinski definition) is 1. The van der Waals surface area contributed by atoms with Gasteiger partial charge in [-0.25, -0.2) is 0 Å². The van der Waals surface area contributed by atoms with Crippen molar-refractivity contribution in [2.24, 2.45) is 0 Å². The Morgan fingerprint density at radius 2 is 2.05 bits per heavy atom. The quantitative estimate of drug-likeness (QED) is 0.885. The van der Waals surface area contributed by atoms with E-state index in [0.717, 1.165) is 17.7 Å². The lowest BCUT2D eigenvalue weighted by atomic mass is 10.2. The number of carbonyl (C=O) groups excluding carboxylic acids is 1. The molecule has 5 heteroatoms. The lowest BCUT2D eigenvalue weighted by Gasteiger charge is -2.23. The topological polar surface area (TPSA) is 60.9 Å². The zero-order chi connectivity index (χ0) is 14.7. The van der Waals surface area contributed by atoms with Crippen molar-refractivity contribution in [3.05, 3.63) is 29.8 Å². The molecule has 0 radical (unpaired) electrons. The van der Waals surface area contributed by atoms with Crippen molar-refractivity contribution in [2.75, 3.05) is 25.0 Å². The maximum Gasteiger partial charge on any atom is 0.304 e. The van der Waals surface area contributed by atoms with Crippen LogP contribution in [0.2, 0.25) is 0 Å². The van der Waals surface area contributed by atoms with E-state index in [0.29, 0.717) is 13.1 Å². The van der Waals surface area contributed by atoms with Crippen LogP contribution >= 0.6 is 0 Å². The predicted molar refractivity (Wildman–Crippen MR) is 76.8 cm³/mol. The SMILES string of the molecule is Cc1ccc(N2CC[C@H](N(C)CCC(=O)O)C2=O)cc1. The van der Waals surface area contributed by atoms with Gasteiger partial charge in [0.1, 0.15) is 0 Å². The molecule has 0 aliphatic carbocycles. The molecule has 1 aliphatic rings. The highest BCUT2D eigenvalue weighted by atomic mass is 16.4. The molecule has 0 bridgehead atoms. The Balaban J connectivity index is 2.01. The van der Waals surface area contributed by atoms with E-state index >= 15 is 0 Å². The number of hydrogen-bond acceptors (Lipinski definition) is 3. The van der Waals surface area contributed by atoms with Crippen LogP contribution in [0.15, 0.2) is 24.3 Å². The van der Waals surface area contributed by atoms with E-state index in [2.05, 4.69) is 0 Å². The first-order valence-electron chi connectivity index (χ1n) is 6.79. The summed E-state index contributed by atoms with van der Waals surface area (Å²) in [4.78, 5) is 26.6. The van der Waals surface area contributed by atoms with Crippen LogP contribution in [0, 0.1) is 6.92 Å². The number of anilines is 1. The average molecular weight is 276 g/mol. The molecule has 1 aromatic rings. The van der Waals surface area contributed by atoms with Crippen molar-refractivity contribution in [2.45, 2.75) is 25.8 Å². The van der Waals surface area contributed by atoms with Gasteiger partial charge in [0, 0.05) is 18.8 Å². The molecule has 108 valence electrons. The summed E-state index contributed by atoms with van der Waals surface area (Å²) in [7, 11) is 1.81. The molecule has 1 amide bonds. The zero-order valence-electron chi connectivity index (χ0n) is 11.9. The fourth-order valence-electron chi connectivity index (χ4n) is 2.48. The van der Waals surface area contributed by atoms with E-state index in [9.17, 15) is 9.59 Å². The van der Waals surface area contributed by atoms with Gasteiger partial charge in [-0.2, -0.15) is 0 Å². The summed E-state index contributed by atoms with van der Waals surface area (Å²) in [6.45, 7) is 3.09. The number of nitrogens with zero attached hydrogens (tertiary/aromatic N) is 2. The molecular weight excluding hydrogens is 256 g/mol. The minimum atomic E-state index is -0.835. The molecule has 20 heavy (non-hydrogen) atoms. The number of likely N-dealkylation sites (N-methyl/N-ethyl adjacent to an activating group) is 1. The minimum Gasteiger partial charge on any atom is -0.481 e. The van der Waals surface area contributed by atoms with Gasteiger partial charge in [0.2, 0.25) is 5.91 Å². The van der Waals surface area contributed by atoms with Crippen molar-refractivity contribution in [3.8, 4) is 0 Å². The van der Waals surface area contributed by atoms with Gasteiger partial charge < -0.3 is 10.0 Å². The first-order chi connectivity index (χ1) is 9.49. The number of benzene rings is 1. The summed E-state index contributed by atoms with van der Waals surface area (Å²) < 4.78 is 0. The van der Waals surface area contributed by atoms with Gasteiger partial charge in [0.15, 0.2) is 0 Å². The van der Waals surface area contributed by atoms with Gasteiger partial charge >= 0.3 is 5.97 Å². The first kappa shape index (κ1) is 14.5. The van der Waals surface area contributed by atoms with E-state index in [1.165, 1.54) is 0 Å². The summed E-state index contributed by atoms with van der Waals surface area (Å²) in [6, 6.07) is 7.67. The highest BCUT2D eigenvalue weighted by Gasteiger charge is 2.35. The van der Waals surface area contributed by atoms with Gasteiger partial charge in [-0.3, -0.25) is 14.5 Å². The van der Waals surface area contributed by atoms with Crippen LogP contribution in [-0.2, 0) is 9.59 Å². The fourth-order valence-corrected chi connectivity index (χ4v) is 2.48. The Hall–Kier alpha value is -1.88. The first-order valence-corrected chi connectivity index (χ1v) is 6.79. The molecule has 0 unspecified atom stereocenters. The number of amides is 1. The molecule has 1 saturated heterocycles. The molecule has 1 fully saturated rings. The maximum absolute atomic E-state index is 12.4. The van der Waals surface area contributed by atoms with Crippen LogP contribution in [0.1, 0.15) is 18.4 Å².